The third kappa shape index (κ3) is 10.6. The summed E-state index contributed by atoms with van der Waals surface area (Å²) in [6, 6.07) is 11.3. The van der Waals surface area contributed by atoms with Crippen LogP contribution in [0.15, 0.2) is 48.9 Å². The topological polar surface area (TPSA) is 205 Å². The third-order valence-corrected chi connectivity index (χ3v) is 8.93. The quantitative estimate of drug-likeness (QED) is 0.0573. The first kappa shape index (κ1) is 45.2. The first-order valence-corrected chi connectivity index (χ1v) is 19.4. The highest BCUT2D eigenvalue weighted by molar-refractivity contribution is 6.29. The zero-order valence-electron chi connectivity index (χ0n) is 35.0. The molecule has 1 saturated heterocycles. The summed E-state index contributed by atoms with van der Waals surface area (Å²) >= 11 is 6.49. The number of halogens is 1. The average molecular weight is 850 g/mol. The molecule has 0 N–H and O–H groups in total. The zero-order chi connectivity index (χ0) is 44.2. The van der Waals surface area contributed by atoms with E-state index in [4.69, 9.17) is 40.0 Å². The molecule has 3 aromatic heterocycles. The van der Waals surface area contributed by atoms with E-state index in [1.165, 1.54) is 24.7 Å². The molecule has 4 heterocycles. The summed E-state index contributed by atoms with van der Waals surface area (Å²) in [5.41, 5.74) is -2.23. The largest absolute Gasteiger partial charge is 0.464 e. The van der Waals surface area contributed by atoms with Crippen molar-refractivity contribution in [3.05, 3.63) is 65.5 Å². The van der Waals surface area contributed by atoms with Crippen molar-refractivity contribution < 1.29 is 52.4 Å². The summed E-state index contributed by atoms with van der Waals surface area (Å²) < 4.78 is 37.7. The van der Waals surface area contributed by atoms with Crippen molar-refractivity contribution >= 4 is 58.5 Å². The second kappa shape index (κ2) is 18.2. The minimum absolute atomic E-state index is 0.00173. The first-order valence-electron chi connectivity index (χ1n) is 19.0. The van der Waals surface area contributed by atoms with Gasteiger partial charge in [0.2, 0.25) is 11.4 Å². The molecule has 0 radical (unpaired) electrons. The summed E-state index contributed by atoms with van der Waals surface area (Å²) in [5.74, 6) is 3.81. The Morgan fingerprint density at radius 1 is 0.983 bits per heavy atom. The van der Waals surface area contributed by atoms with E-state index in [0.717, 1.165) is 5.56 Å². The van der Waals surface area contributed by atoms with Crippen molar-refractivity contribution in [3.8, 4) is 11.8 Å². The Bertz CT molecular complexity index is 2280. The van der Waals surface area contributed by atoms with E-state index in [-0.39, 0.29) is 23.6 Å². The Balaban J connectivity index is 1.66. The van der Waals surface area contributed by atoms with E-state index in [1.807, 2.05) is 30.3 Å². The number of hydrogen-bond acceptors (Lipinski definition) is 15. The van der Waals surface area contributed by atoms with Crippen LogP contribution in [0.1, 0.15) is 86.7 Å². The minimum Gasteiger partial charge on any atom is -0.464 e. The van der Waals surface area contributed by atoms with Crippen LogP contribution in [-0.4, -0.2) is 102 Å². The number of anilines is 1. The molecule has 0 bridgehead atoms. The molecule has 0 saturated carbocycles. The summed E-state index contributed by atoms with van der Waals surface area (Å²) in [7, 11) is 0. The van der Waals surface area contributed by atoms with Gasteiger partial charge in [-0.1, -0.05) is 36.3 Å². The molecule has 1 aromatic carbocycles. The van der Waals surface area contributed by atoms with Crippen LogP contribution in [-0.2, 0) is 49.3 Å². The van der Waals surface area contributed by atoms with Crippen molar-refractivity contribution in [2.75, 3.05) is 18.1 Å². The number of aromatic nitrogens is 6. The van der Waals surface area contributed by atoms with Crippen LogP contribution < -0.4 is 4.90 Å². The lowest BCUT2D eigenvalue weighted by Crippen LogP contribution is -2.44. The SMILES string of the molecule is CCOC(=O)C(OC[C@H]1O[C@@H](n2cnc3c(N(C(=O)OC(C)(C)C)C(=O)OC(C)(C)C)nc(Cl)nc32)[C@H](OC(C)=O)[C@@]1(C)C#Cc1ccnn1Cc1ccccc1)C(C)=O. The van der Waals surface area contributed by atoms with Crippen molar-refractivity contribution in [2.24, 2.45) is 5.41 Å². The number of imidazole rings is 1. The van der Waals surface area contributed by atoms with E-state index in [2.05, 4.69) is 31.9 Å². The average Bonchev–Trinajstić information content (AvgIpc) is 3.82. The highest BCUT2D eigenvalue weighted by Crippen LogP contribution is 2.47. The molecular weight excluding hydrogens is 802 g/mol. The molecule has 320 valence electrons. The van der Waals surface area contributed by atoms with Crippen molar-refractivity contribution in [1.82, 2.24) is 29.3 Å². The third-order valence-electron chi connectivity index (χ3n) is 8.77. The highest BCUT2D eigenvalue weighted by atomic mass is 35.5. The number of hydrogen-bond donors (Lipinski definition) is 0. The molecular formula is C41H48ClN7O11. The van der Waals surface area contributed by atoms with E-state index in [1.54, 1.807) is 72.3 Å². The molecule has 1 aliphatic rings. The number of carbonyl (C=O) groups excluding carboxylic acids is 5. The maximum absolute atomic E-state index is 13.7. The predicted molar refractivity (Wildman–Crippen MR) is 215 cm³/mol. The molecule has 18 nitrogen and oxygen atoms in total. The fourth-order valence-corrected chi connectivity index (χ4v) is 6.31. The second-order valence-electron chi connectivity index (χ2n) is 16.0. The van der Waals surface area contributed by atoms with Crippen molar-refractivity contribution in [1.29, 1.82) is 0 Å². The lowest BCUT2D eigenvalue weighted by atomic mass is 9.80. The van der Waals surface area contributed by atoms with Crippen LogP contribution >= 0.6 is 11.6 Å². The highest BCUT2D eigenvalue weighted by Gasteiger charge is 2.57. The smallest absolute Gasteiger partial charge is 0.425 e. The first-order chi connectivity index (χ1) is 28.1. The summed E-state index contributed by atoms with van der Waals surface area (Å²) in [6.07, 6.45) is -4.67. The number of nitrogens with zero attached hydrogens (tertiary/aromatic N) is 7. The van der Waals surface area contributed by atoms with Gasteiger partial charge in [0, 0.05) is 6.92 Å². The van der Waals surface area contributed by atoms with Gasteiger partial charge < -0.3 is 28.4 Å². The molecule has 5 atom stereocenters. The van der Waals surface area contributed by atoms with E-state index >= 15 is 0 Å². The number of rotatable bonds is 11. The van der Waals surface area contributed by atoms with E-state index < -0.39 is 83.0 Å². The molecule has 60 heavy (non-hydrogen) atoms. The Hall–Kier alpha value is -5.90. The molecule has 1 unspecified atom stereocenters. The van der Waals surface area contributed by atoms with Gasteiger partial charge in [0.25, 0.3) is 0 Å². The second-order valence-corrected chi connectivity index (χ2v) is 16.3. The maximum Gasteiger partial charge on any atom is 0.425 e. The van der Waals surface area contributed by atoms with Gasteiger partial charge in [-0.05, 0) is 91.5 Å². The lowest BCUT2D eigenvalue weighted by Gasteiger charge is -2.30. The summed E-state index contributed by atoms with van der Waals surface area (Å²) in [6.45, 7) is 15.3. The molecule has 19 heteroatoms. The Labute approximate surface area is 351 Å². The number of fused-ring (bicyclic) bond motifs is 1. The standard InChI is InChI=1S/C41H48ClN7O11/c1-11-55-35(52)30(24(2)50)56-22-28-41(10,19-17-27-18-20-44-48(27)21-26-15-13-12-14-16-26)31(57-25(3)51)34(58-28)47-23-43-29-32(47)45-36(42)46-33(29)49(37(53)59-39(4,5)6)38(54)60-40(7,8)9/h12-16,18,20,23,28,30-31,34H,11,21-22H2,1-10H3/t28-,30?,31+,34-,41+/m1/s1. The number of carbonyl (C=O) groups is 5. The number of ether oxygens (including phenoxy) is 6. The van der Waals surface area contributed by atoms with Crippen molar-refractivity contribution in [3.63, 3.8) is 0 Å². The predicted octanol–water partition coefficient (Wildman–Crippen LogP) is 5.83. The molecule has 1 fully saturated rings. The van der Waals surface area contributed by atoms with Crippen LogP contribution in [0.25, 0.3) is 11.2 Å². The lowest BCUT2D eigenvalue weighted by molar-refractivity contribution is -0.165. The van der Waals surface area contributed by atoms with Crippen LogP contribution in [0.4, 0.5) is 15.4 Å². The maximum atomic E-state index is 13.7. The minimum atomic E-state index is -1.60. The van der Waals surface area contributed by atoms with Gasteiger partial charge >= 0.3 is 24.1 Å². The number of imide groups is 1. The molecule has 2 amide bonds. The van der Waals surface area contributed by atoms with Crippen LogP contribution in [0, 0.1) is 17.3 Å². The van der Waals surface area contributed by atoms with Gasteiger partial charge in [0.15, 0.2) is 35.1 Å². The molecule has 5 rings (SSSR count). The Kier molecular flexibility index (Phi) is 13.7. The summed E-state index contributed by atoms with van der Waals surface area (Å²) in [5, 5.41) is 4.03. The van der Waals surface area contributed by atoms with Gasteiger partial charge in [-0.25, -0.2) is 19.4 Å². The van der Waals surface area contributed by atoms with Crippen LogP contribution in [0.3, 0.4) is 0 Å². The van der Waals surface area contributed by atoms with Crippen LogP contribution in [0.5, 0.6) is 0 Å². The normalized spacial score (nSPS) is 19.5. The number of Topliss-reactive ketones (excluding diaryl/α,β-unsaturated/α-hetero) is 1. The molecule has 0 spiro atoms. The monoisotopic (exact) mass is 849 g/mol. The van der Waals surface area contributed by atoms with Crippen molar-refractivity contribution in [2.45, 2.75) is 112 Å². The fourth-order valence-electron chi connectivity index (χ4n) is 6.15. The molecule has 4 aromatic rings. The van der Waals surface area contributed by atoms with E-state index in [9.17, 15) is 24.0 Å². The number of amides is 2. The van der Waals surface area contributed by atoms with Gasteiger partial charge in [0.05, 0.1) is 37.7 Å². The van der Waals surface area contributed by atoms with E-state index in [0.29, 0.717) is 17.1 Å². The van der Waals surface area contributed by atoms with Gasteiger partial charge in [-0.2, -0.15) is 20.0 Å². The number of ketones is 1. The molecule has 0 aliphatic carbocycles. The van der Waals surface area contributed by atoms with Crippen LogP contribution in [0.2, 0.25) is 5.28 Å². The Morgan fingerprint density at radius 3 is 2.22 bits per heavy atom. The number of benzene rings is 1. The zero-order valence-corrected chi connectivity index (χ0v) is 35.8. The Morgan fingerprint density at radius 2 is 1.63 bits per heavy atom. The van der Waals surface area contributed by atoms with Gasteiger partial charge in [-0.15, -0.1) is 0 Å². The van der Waals surface area contributed by atoms with Gasteiger partial charge in [0.1, 0.15) is 23.0 Å². The number of esters is 2. The summed E-state index contributed by atoms with van der Waals surface area (Å²) in [4.78, 5) is 79.2. The fraction of sp³-hybridized carbons (Fsp3) is 0.488. The molecule has 1 aliphatic heterocycles. The van der Waals surface area contributed by atoms with Gasteiger partial charge in [-0.3, -0.25) is 18.8 Å².